The van der Waals surface area contributed by atoms with Gasteiger partial charge in [0, 0.05) is 81.0 Å². The van der Waals surface area contributed by atoms with E-state index in [2.05, 4.69) is 36.9 Å². The number of ether oxygens (including phenoxy) is 4. The van der Waals surface area contributed by atoms with Crippen LogP contribution in [0, 0.1) is 0 Å². The third-order valence-electron chi connectivity index (χ3n) is 13.7. The Bertz CT molecular complexity index is 2920. The summed E-state index contributed by atoms with van der Waals surface area (Å²) in [6, 6.07) is 11.4. The molecule has 0 spiro atoms. The molecule has 29 heteroatoms. The summed E-state index contributed by atoms with van der Waals surface area (Å²) in [5.41, 5.74) is 0.173. The maximum absolute atomic E-state index is 13.6. The Morgan fingerprint density at radius 3 is 2.18 bits per heavy atom. The molecule has 3 aliphatic rings. The number of unbranched alkanes of at least 4 members (excludes halogenated alkanes) is 3. The van der Waals surface area contributed by atoms with Gasteiger partial charge in [0.25, 0.3) is 17.7 Å². The number of carbonyl (C=O) groups excluding carboxylic acids is 9. The second-order valence-electron chi connectivity index (χ2n) is 21.7. The van der Waals surface area contributed by atoms with E-state index in [0.29, 0.717) is 23.6 Å². The van der Waals surface area contributed by atoms with Crippen LogP contribution >= 0.6 is 0 Å². The molecular formula is C58H76N10O19. The number of carboxylic acids is 1. The second kappa shape index (κ2) is 32.7. The van der Waals surface area contributed by atoms with Crippen LogP contribution in [0.2, 0.25) is 0 Å². The first kappa shape index (κ1) is 67.4. The first-order valence-electron chi connectivity index (χ1n) is 28.5. The molecule has 0 unspecified atom stereocenters. The SMILES string of the molecule is CN(CCON(C(=O)CCCCCCNC(=O)Nc1ccncc1)C1CCCCC1)C(=O)c1cccc(NC(=O)OCc2ccc(O[C@@H]3O[C@H](C(=O)O)[C@@H](O)[C@H](O)[C@H]3O)c(NC(=O)CCNC(=O)[C@H](CNC(=O)OC(C)(C)C)N3C(=O)C=CC3=O)c2)c1. The van der Waals surface area contributed by atoms with Crippen LogP contribution in [-0.2, 0) is 54.4 Å². The lowest BCUT2D eigenvalue weighted by atomic mass is 9.95. The topological polar surface area (TPSA) is 393 Å². The lowest BCUT2D eigenvalue weighted by Gasteiger charge is -2.38. The summed E-state index contributed by atoms with van der Waals surface area (Å²) >= 11 is 0. The Labute approximate surface area is 501 Å². The minimum atomic E-state index is -2.05. The van der Waals surface area contributed by atoms with Crippen LogP contribution in [0.15, 0.2) is 79.1 Å². The average molecular weight is 1220 g/mol. The molecule has 10 amide bonds. The van der Waals surface area contributed by atoms with Gasteiger partial charge in [-0.2, -0.15) is 0 Å². The average Bonchev–Trinajstić information content (AvgIpc) is 2.03. The molecule has 3 heterocycles. The van der Waals surface area contributed by atoms with Crippen molar-refractivity contribution in [3.63, 3.8) is 0 Å². The summed E-state index contributed by atoms with van der Waals surface area (Å²) in [6.07, 6.45) is 0.528. The maximum atomic E-state index is 13.6. The number of aliphatic carboxylic acids is 1. The predicted molar refractivity (Wildman–Crippen MR) is 308 cm³/mol. The van der Waals surface area contributed by atoms with Gasteiger partial charge in [-0.15, -0.1) is 0 Å². The quantitative estimate of drug-likeness (QED) is 0.0283. The summed E-state index contributed by atoms with van der Waals surface area (Å²) in [5.74, 6) is -5.87. The first-order chi connectivity index (χ1) is 41.5. The van der Waals surface area contributed by atoms with Crippen LogP contribution < -0.4 is 36.6 Å². The molecule has 29 nitrogen and oxygen atoms in total. The summed E-state index contributed by atoms with van der Waals surface area (Å²) in [6.45, 7) is 4.07. The van der Waals surface area contributed by atoms with E-state index < -0.39 is 116 Å². The van der Waals surface area contributed by atoms with Crippen molar-refractivity contribution in [1.29, 1.82) is 0 Å². The first-order valence-corrected chi connectivity index (χ1v) is 28.5. The molecule has 1 saturated carbocycles. The molecule has 6 atom stereocenters. The molecule has 1 aliphatic carbocycles. The molecule has 87 heavy (non-hydrogen) atoms. The van der Waals surface area contributed by atoms with E-state index in [-0.39, 0.29) is 65.8 Å². The van der Waals surface area contributed by atoms with E-state index in [1.807, 2.05) is 0 Å². The number of benzene rings is 2. The van der Waals surface area contributed by atoms with E-state index in [0.717, 1.165) is 63.5 Å². The lowest BCUT2D eigenvalue weighted by Crippen LogP contribution is -2.61. The number of aliphatic hydroxyl groups is 3. The molecule has 1 saturated heterocycles. The fraction of sp³-hybridized carbons (Fsp3) is 0.500. The van der Waals surface area contributed by atoms with Crippen molar-refractivity contribution in [2.75, 3.05) is 55.8 Å². The van der Waals surface area contributed by atoms with Gasteiger partial charge < -0.3 is 70.9 Å². The number of nitrogens with zero attached hydrogens (tertiary/aromatic N) is 4. The lowest BCUT2D eigenvalue weighted by molar-refractivity contribution is -0.271. The third kappa shape index (κ3) is 21.0. The highest BCUT2D eigenvalue weighted by atomic mass is 16.7. The number of hydrogen-bond acceptors (Lipinski definition) is 19. The largest absolute Gasteiger partial charge is 0.479 e. The van der Waals surface area contributed by atoms with Crippen molar-refractivity contribution in [3.05, 3.63) is 90.3 Å². The number of carbonyl (C=O) groups is 10. The number of anilines is 3. The number of hydroxylamine groups is 2. The minimum Gasteiger partial charge on any atom is -0.479 e. The molecule has 472 valence electrons. The number of hydrogen-bond donors (Lipinski definition) is 10. The molecule has 0 bridgehead atoms. The van der Waals surface area contributed by atoms with Crippen molar-refractivity contribution in [1.82, 2.24) is 35.8 Å². The number of urea groups is 1. The molecule has 2 aromatic carbocycles. The maximum Gasteiger partial charge on any atom is 0.411 e. The molecule has 2 fully saturated rings. The van der Waals surface area contributed by atoms with Gasteiger partial charge in [-0.05, 0) is 94.5 Å². The van der Waals surface area contributed by atoms with Gasteiger partial charge in [-0.25, -0.2) is 24.2 Å². The fourth-order valence-electron chi connectivity index (χ4n) is 9.29. The number of nitrogens with one attached hydrogen (secondary N) is 6. The van der Waals surface area contributed by atoms with Crippen LogP contribution in [0.3, 0.4) is 0 Å². The number of aromatic nitrogens is 1. The number of alkyl carbamates (subject to hydrolysis) is 1. The number of aliphatic hydroxyl groups excluding tert-OH is 3. The standard InChI is InChI=1S/C58H76N10O19/c1-58(2,3)87-56(81)62-33-41(67-44(70)20-21-45(67)71)51(76)60-28-24-43(69)65-40-31-35(18-19-42(40)85-54-49(75)47(73)48(74)50(86-54)53(78)79)34-83-57(82)64-38-14-12-13-36(32-38)52(77)66(4)29-30-84-68(39-15-8-7-9-16-39)46(72)17-10-5-6-11-25-61-55(80)63-37-22-26-59-27-23-37/h12-14,18-23,26-27,31-32,39,41,47-50,54,73-75H,5-11,15-17,24-25,28-30,33-34H2,1-4H3,(H,60,76)(H,62,81)(H,64,82)(H,65,69)(H,78,79)(H2,59,61,63,80)/t41-,47-,48-,49+,50-,54+/m0/s1. The molecule has 3 aromatic rings. The van der Waals surface area contributed by atoms with Gasteiger partial charge in [-0.1, -0.05) is 44.2 Å². The van der Waals surface area contributed by atoms with Crippen LogP contribution in [0.5, 0.6) is 5.75 Å². The zero-order valence-electron chi connectivity index (χ0n) is 48.8. The van der Waals surface area contributed by atoms with E-state index >= 15 is 0 Å². The number of imide groups is 1. The van der Waals surface area contributed by atoms with E-state index in [1.54, 1.807) is 64.5 Å². The number of likely N-dealkylation sites (N-methyl/N-ethyl adjacent to an activating group) is 1. The molecule has 2 aliphatic heterocycles. The van der Waals surface area contributed by atoms with Crippen molar-refractivity contribution in [2.45, 2.75) is 146 Å². The van der Waals surface area contributed by atoms with Gasteiger partial charge in [0.2, 0.25) is 24.0 Å². The van der Waals surface area contributed by atoms with Crippen molar-refractivity contribution < 1.29 is 92.2 Å². The Morgan fingerprint density at radius 1 is 0.770 bits per heavy atom. The highest BCUT2D eigenvalue weighted by molar-refractivity contribution is 6.15. The van der Waals surface area contributed by atoms with Crippen LogP contribution in [0.25, 0.3) is 0 Å². The van der Waals surface area contributed by atoms with Crippen molar-refractivity contribution in [2.24, 2.45) is 0 Å². The van der Waals surface area contributed by atoms with E-state index in [9.17, 15) is 68.4 Å². The molecule has 1 aromatic heterocycles. The smallest absolute Gasteiger partial charge is 0.411 e. The molecule has 0 radical (unpaired) electrons. The fourth-order valence-corrected chi connectivity index (χ4v) is 9.29. The van der Waals surface area contributed by atoms with E-state index in [1.165, 1.54) is 40.3 Å². The van der Waals surface area contributed by atoms with Crippen LogP contribution in [-0.4, -0.2) is 188 Å². The van der Waals surface area contributed by atoms with E-state index in [4.69, 9.17) is 23.8 Å². The summed E-state index contributed by atoms with van der Waals surface area (Å²) < 4.78 is 21.7. The zero-order chi connectivity index (χ0) is 63.2. The highest BCUT2D eigenvalue weighted by Gasteiger charge is 2.48. The Morgan fingerprint density at radius 2 is 1.48 bits per heavy atom. The van der Waals surface area contributed by atoms with Crippen LogP contribution in [0.4, 0.5) is 31.4 Å². The van der Waals surface area contributed by atoms with Gasteiger partial charge in [0.15, 0.2) is 6.10 Å². The van der Waals surface area contributed by atoms with Gasteiger partial charge in [0.05, 0.1) is 24.9 Å². The Kier molecular flexibility index (Phi) is 25.3. The van der Waals surface area contributed by atoms with Gasteiger partial charge in [0.1, 0.15) is 42.3 Å². The normalized spacial score (nSPS) is 18.8. The predicted octanol–water partition coefficient (Wildman–Crippen LogP) is 3.30. The van der Waals surface area contributed by atoms with Crippen molar-refractivity contribution in [3.8, 4) is 5.75 Å². The summed E-state index contributed by atoms with van der Waals surface area (Å²) in [4.78, 5) is 141. The number of carboxylic acid groups (broad SMARTS) is 1. The number of rotatable bonds is 28. The zero-order valence-corrected chi connectivity index (χ0v) is 48.8. The Balaban J connectivity index is 1.02. The van der Waals surface area contributed by atoms with Gasteiger partial charge >= 0.3 is 24.2 Å². The third-order valence-corrected chi connectivity index (χ3v) is 13.7. The Hall–Kier alpha value is -8.77. The molecular weight excluding hydrogens is 1140 g/mol. The monoisotopic (exact) mass is 1220 g/mol. The minimum absolute atomic E-state index is 0.0388. The molecule has 10 N–H and O–H groups in total. The summed E-state index contributed by atoms with van der Waals surface area (Å²) in [5, 5.41) is 57.9. The van der Waals surface area contributed by atoms with Crippen LogP contribution in [0.1, 0.15) is 107 Å². The molecule has 6 rings (SSSR count). The number of pyridine rings is 1. The number of amides is 10. The summed E-state index contributed by atoms with van der Waals surface area (Å²) in [7, 11) is 1.58. The highest BCUT2D eigenvalue weighted by Crippen LogP contribution is 2.32. The van der Waals surface area contributed by atoms with Crippen molar-refractivity contribution >= 4 is 76.7 Å². The van der Waals surface area contributed by atoms with Gasteiger partial charge in [-0.3, -0.25) is 48.8 Å². The second-order valence-corrected chi connectivity index (χ2v) is 21.7.